The predicted octanol–water partition coefficient (Wildman–Crippen LogP) is 2.86. The first kappa shape index (κ1) is 14.8. The number of carbonyl (C=O) groups is 1. The maximum Gasteiger partial charge on any atom is 0.433 e. The molecule has 0 saturated heterocycles. The first-order valence-electron chi connectivity index (χ1n) is 4.52. The van der Waals surface area contributed by atoms with E-state index in [2.05, 4.69) is 20.9 Å². The summed E-state index contributed by atoms with van der Waals surface area (Å²) in [6.07, 6.45) is -7.50. The number of carbonyl (C=O) groups excluding carboxylic acids is 1. The number of aromatic nitrogens is 1. The fourth-order valence-electron chi connectivity index (χ4n) is 1.01. The highest BCUT2D eigenvalue weighted by Crippen LogP contribution is 2.29. The third-order valence-electron chi connectivity index (χ3n) is 1.77. The summed E-state index contributed by atoms with van der Waals surface area (Å²) in [5, 5.41) is 1.77. The molecule has 0 radical (unpaired) electrons. The van der Waals surface area contributed by atoms with Gasteiger partial charge in [-0.25, -0.2) is 13.8 Å². The third-order valence-corrected chi connectivity index (χ3v) is 2.41. The average Bonchev–Trinajstić information content (AvgIpc) is 2.24. The van der Waals surface area contributed by atoms with E-state index in [1.807, 2.05) is 0 Å². The molecular weight excluding hydrogens is 327 g/mol. The Morgan fingerprint density at radius 3 is 2.50 bits per heavy atom. The maximum atomic E-state index is 12.3. The zero-order valence-corrected chi connectivity index (χ0v) is 10.1. The molecule has 1 amide bonds. The average molecular weight is 333 g/mol. The van der Waals surface area contributed by atoms with E-state index >= 15 is 0 Å². The fraction of sp³-hybridized carbons (Fsp3) is 0.333. The second-order valence-corrected chi connectivity index (χ2v) is 3.98. The van der Waals surface area contributed by atoms with E-state index in [-0.39, 0.29) is 4.47 Å². The normalized spacial score (nSPS) is 11.7. The van der Waals surface area contributed by atoms with Gasteiger partial charge in [0, 0.05) is 4.47 Å². The minimum atomic E-state index is -4.71. The van der Waals surface area contributed by atoms with Crippen molar-refractivity contribution >= 4 is 21.8 Å². The van der Waals surface area contributed by atoms with Crippen LogP contribution in [0.3, 0.4) is 0 Å². The van der Waals surface area contributed by atoms with Crippen molar-refractivity contribution in [3.05, 3.63) is 28.0 Å². The molecule has 0 aliphatic rings. The van der Waals surface area contributed by atoms with E-state index < -0.39 is 36.4 Å². The molecule has 18 heavy (non-hydrogen) atoms. The number of nitrogens with zero attached hydrogens (tertiary/aromatic N) is 1. The molecule has 9 heteroatoms. The van der Waals surface area contributed by atoms with Gasteiger partial charge in [-0.05, 0) is 28.1 Å². The second-order valence-electron chi connectivity index (χ2n) is 3.13. The summed E-state index contributed by atoms with van der Waals surface area (Å²) in [5.74, 6) is -1.10. The standard InChI is InChI=1S/C9H6BrF5N2O/c10-4-1-2-5(9(13,14)15)17-7(4)8(18)16-3-6(11)12/h1-2,6H,3H2,(H,16,18). The molecule has 0 unspecified atom stereocenters. The third kappa shape index (κ3) is 3.90. The molecule has 0 saturated carbocycles. The van der Waals surface area contributed by atoms with E-state index in [0.717, 1.165) is 6.07 Å². The number of alkyl halides is 5. The van der Waals surface area contributed by atoms with Crippen molar-refractivity contribution in [2.24, 2.45) is 0 Å². The highest BCUT2D eigenvalue weighted by atomic mass is 79.9. The number of nitrogens with one attached hydrogen (secondary N) is 1. The largest absolute Gasteiger partial charge is 0.433 e. The number of hydrogen-bond acceptors (Lipinski definition) is 2. The minimum Gasteiger partial charge on any atom is -0.345 e. The molecule has 0 spiro atoms. The molecule has 1 aromatic rings. The van der Waals surface area contributed by atoms with Crippen molar-refractivity contribution < 1.29 is 26.7 Å². The lowest BCUT2D eigenvalue weighted by Crippen LogP contribution is -2.30. The zero-order chi connectivity index (χ0) is 13.9. The van der Waals surface area contributed by atoms with Crippen LogP contribution in [0.1, 0.15) is 16.2 Å². The molecule has 0 atom stereocenters. The number of halogens is 6. The Kier molecular flexibility index (Phi) is 4.60. The molecule has 0 aromatic carbocycles. The summed E-state index contributed by atoms with van der Waals surface area (Å²) in [4.78, 5) is 14.4. The van der Waals surface area contributed by atoms with Gasteiger partial charge in [-0.15, -0.1) is 0 Å². The molecule has 3 nitrogen and oxygen atoms in total. The summed E-state index contributed by atoms with van der Waals surface area (Å²) in [6, 6.07) is 1.65. The van der Waals surface area contributed by atoms with Crippen molar-refractivity contribution in [2.75, 3.05) is 6.54 Å². The summed E-state index contributed by atoms with van der Waals surface area (Å²) in [6.45, 7) is -0.955. The van der Waals surface area contributed by atoms with Crippen LogP contribution in [-0.2, 0) is 6.18 Å². The lowest BCUT2D eigenvalue weighted by atomic mass is 10.3. The van der Waals surface area contributed by atoms with Gasteiger partial charge in [0.05, 0.1) is 6.54 Å². The monoisotopic (exact) mass is 332 g/mol. The van der Waals surface area contributed by atoms with Crippen molar-refractivity contribution in [1.29, 1.82) is 0 Å². The van der Waals surface area contributed by atoms with Crippen LogP contribution in [0.25, 0.3) is 0 Å². The summed E-state index contributed by atoms with van der Waals surface area (Å²) >= 11 is 2.83. The number of amides is 1. The van der Waals surface area contributed by atoms with Gasteiger partial charge in [-0.2, -0.15) is 13.2 Å². The molecule has 1 N–H and O–H groups in total. The lowest BCUT2D eigenvalue weighted by molar-refractivity contribution is -0.141. The van der Waals surface area contributed by atoms with E-state index in [0.29, 0.717) is 6.07 Å². The Hall–Kier alpha value is -1.25. The van der Waals surface area contributed by atoms with Crippen LogP contribution >= 0.6 is 15.9 Å². The summed E-state index contributed by atoms with van der Waals surface area (Å²) < 4.78 is 60.7. The minimum absolute atomic E-state index is 0.0118. The lowest BCUT2D eigenvalue weighted by Gasteiger charge is -2.09. The molecule has 1 heterocycles. The molecule has 0 bridgehead atoms. The van der Waals surface area contributed by atoms with E-state index in [1.165, 1.54) is 0 Å². The Balaban J connectivity index is 2.97. The Morgan fingerprint density at radius 1 is 1.39 bits per heavy atom. The molecule has 0 aliphatic heterocycles. The van der Waals surface area contributed by atoms with Gasteiger partial charge >= 0.3 is 6.18 Å². The van der Waals surface area contributed by atoms with E-state index in [4.69, 9.17) is 0 Å². The van der Waals surface area contributed by atoms with Crippen molar-refractivity contribution in [1.82, 2.24) is 10.3 Å². The first-order valence-corrected chi connectivity index (χ1v) is 5.31. The number of rotatable bonds is 3. The molecule has 0 fully saturated rings. The van der Waals surface area contributed by atoms with Gasteiger partial charge < -0.3 is 5.32 Å². The van der Waals surface area contributed by atoms with Crippen LogP contribution in [0, 0.1) is 0 Å². The maximum absolute atomic E-state index is 12.3. The van der Waals surface area contributed by atoms with Crippen LogP contribution in [0.4, 0.5) is 22.0 Å². The molecular formula is C9H6BrF5N2O. The molecule has 100 valence electrons. The van der Waals surface area contributed by atoms with Gasteiger partial charge in [0.2, 0.25) is 0 Å². The van der Waals surface area contributed by atoms with Crippen LogP contribution in [0.5, 0.6) is 0 Å². The van der Waals surface area contributed by atoms with Crippen LogP contribution < -0.4 is 5.32 Å². The van der Waals surface area contributed by atoms with Crippen LogP contribution in [0.15, 0.2) is 16.6 Å². The van der Waals surface area contributed by atoms with Crippen LogP contribution in [0.2, 0.25) is 0 Å². The van der Waals surface area contributed by atoms with Gasteiger partial charge in [0.15, 0.2) is 0 Å². The van der Waals surface area contributed by atoms with E-state index in [9.17, 15) is 26.7 Å². The topological polar surface area (TPSA) is 42.0 Å². The van der Waals surface area contributed by atoms with Crippen molar-refractivity contribution in [3.8, 4) is 0 Å². The highest BCUT2D eigenvalue weighted by Gasteiger charge is 2.33. The van der Waals surface area contributed by atoms with Crippen LogP contribution in [-0.4, -0.2) is 23.9 Å². The fourth-order valence-corrected chi connectivity index (χ4v) is 1.41. The highest BCUT2D eigenvalue weighted by molar-refractivity contribution is 9.10. The van der Waals surface area contributed by atoms with Crippen molar-refractivity contribution in [3.63, 3.8) is 0 Å². The quantitative estimate of drug-likeness (QED) is 0.865. The van der Waals surface area contributed by atoms with Crippen molar-refractivity contribution in [2.45, 2.75) is 12.6 Å². The Bertz CT molecular complexity index is 449. The smallest absolute Gasteiger partial charge is 0.345 e. The van der Waals surface area contributed by atoms with Gasteiger partial charge in [0.1, 0.15) is 11.4 Å². The summed E-state index contributed by atoms with van der Waals surface area (Å²) in [7, 11) is 0. The van der Waals surface area contributed by atoms with Gasteiger partial charge in [-0.3, -0.25) is 4.79 Å². The Morgan fingerprint density at radius 2 is 2.00 bits per heavy atom. The van der Waals surface area contributed by atoms with Gasteiger partial charge in [-0.1, -0.05) is 0 Å². The molecule has 0 aliphatic carbocycles. The number of hydrogen-bond donors (Lipinski definition) is 1. The molecule has 1 rings (SSSR count). The zero-order valence-electron chi connectivity index (χ0n) is 8.56. The number of pyridine rings is 1. The van der Waals surface area contributed by atoms with E-state index in [1.54, 1.807) is 5.32 Å². The van der Waals surface area contributed by atoms with Gasteiger partial charge in [0.25, 0.3) is 12.3 Å². The first-order chi connectivity index (χ1) is 8.21. The SMILES string of the molecule is O=C(NCC(F)F)c1nc(C(F)(F)F)ccc1Br. The second kappa shape index (κ2) is 5.59. The summed E-state index contributed by atoms with van der Waals surface area (Å²) in [5.41, 5.74) is -1.86. The predicted molar refractivity (Wildman–Crippen MR) is 55.3 cm³/mol. The molecule has 1 aromatic heterocycles. The Labute approximate surface area is 107 Å².